The Hall–Kier alpha value is -1.77. The molecule has 2 heterocycles. The van der Waals surface area contributed by atoms with Crippen molar-refractivity contribution in [2.45, 2.75) is 19.5 Å². The number of aromatic carboxylic acids is 1. The molecule has 2 aromatic heterocycles. The van der Waals surface area contributed by atoms with Gasteiger partial charge in [0.1, 0.15) is 5.56 Å². The number of alkyl halides is 3. The standard InChI is InChI=1S/C12H10BrF3N2O3/c1-3-5-4-6(21-2)18-9(8(5)13)7(11(19)20)10(17-18)12(14,15)16/h4H,3H2,1-2H3,(H,19,20). The Morgan fingerprint density at radius 3 is 2.57 bits per heavy atom. The Kier molecular flexibility index (Phi) is 3.87. The smallest absolute Gasteiger partial charge is 0.436 e. The molecule has 1 N–H and O–H groups in total. The lowest BCUT2D eigenvalue weighted by atomic mass is 10.1. The molecule has 9 heteroatoms. The van der Waals surface area contributed by atoms with Crippen LogP contribution < -0.4 is 4.74 Å². The van der Waals surface area contributed by atoms with E-state index in [1.807, 2.05) is 0 Å². The minimum Gasteiger partial charge on any atom is -0.481 e. The van der Waals surface area contributed by atoms with Crippen LogP contribution in [0.3, 0.4) is 0 Å². The van der Waals surface area contributed by atoms with Gasteiger partial charge in [0.2, 0.25) is 5.88 Å². The van der Waals surface area contributed by atoms with Crippen molar-refractivity contribution in [3.05, 3.63) is 27.4 Å². The normalized spacial score (nSPS) is 11.9. The predicted molar refractivity (Wildman–Crippen MR) is 70.8 cm³/mol. The molecule has 114 valence electrons. The van der Waals surface area contributed by atoms with Crippen LogP contribution >= 0.6 is 15.9 Å². The monoisotopic (exact) mass is 366 g/mol. The first-order chi connectivity index (χ1) is 9.72. The number of fused-ring (bicyclic) bond motifs is 1. The van der Waals surface area contributed by atoms with E-state index >= 15 is 0 Å². The van der Waals surface area contributed by atoms with Gasteiger partial charge in [-0.25, -0.2) is 4.79 Å². The van der Waals surface area contributed by atoms with E-state index in [0.717, 1.165) is 4.52 Å². The summed E-state index contributed by atoms with van der Waals surface area (Å²) in [5, 5.41) is 12.5. The average Bonchev–Trinajstić information content (AvgIpc) is 2.80. The third-order valence-electron chi connectivity index (χ3n) is 2.95. The van der Waals surface area contributed by atoms with Gasteiger partial charge in [-0.1, -0.05) is 6.92 Å². The van der Waals surface area contributed by atoms with Gasteiger partial charge in [0.05, 0.1) is 12.6 Å². The Balaban J connectivity index is 3.02. The minimum absolute atomic E-state index is 0.0306. The number of methoxy groups -OCH3 is 1. The summed E-state index contributed by atoms with van der Waals surface area (Å²) in [5.41, 5.74) is -1.91. The predicted octanol–water partition coefficient (Wildman–Crippen LogP) is 3.38. The van der Waals surface area contributed by atoms with Gasteiger partial charge in [0, 0.05) is 10.5 Å². The molecule has 5 nitrogen and oxygen atoms in total. The molecule has 0 bridgehead atoms. The van der Waals surface area contributed by atoms with Gasteiger partial charge >= 0.3 is 12.1 Å². The van der Waals surface area contributed by atoms with Crippen LogP contribution in [0.1, 0.15) is 28.5 Å². The summed E-state index contributed by atoms with van der Waals surface area (Å²) in [5.74, 6) is -1.67. The van der Waals surface area contributed by atoms with Crippen molar-refractivity contribution >= 4 is 27.4 Å². The van der Waals surface area contributed by atoms with Crippen LogP contribution in [0.15, 0.2) is 10.5 Å². The van der Waals surface area contributed by atoms with Gasteiger partial charge in [-0.2, -0.15) is 22.8 Å². The zero-order valence-electron chi connectivity index (χ0n) is 11.0. The molecule has 21 heavy (non-hydrogen) atoms. The van der Waals surface area contributed by atoms with E-state index in [1.54, 1.807) is 6.92 Å². The van der Waals surface area contributed by atoms with Gasteiger partial charge < -0.3 is 9.84 Å². The molecule has 0 aromatic carbocycles. The van der Waals surface area contributed by atoms with Gasteiger partial charge in [-0.15, -0.1) is 0 Å². The highest BCUT2D eigenvalue weighted by Gasteiger charge is 2.41. The maximum Gasteiger partial charge on any atom is 0.436 e. The number of carboxylic acids is 1. The Labute approximate surface area is 125 Å². The Morgan fingerprint density at radius 2 is 2.14 bits per heavy atom. The lowest BCUT2D eigenvalue weighted by Gasteiger charge is -2.09. The summed E-state index contributed by atoms with van der Waals surface area (Å²) in [6, 6.07) is 1.51. The molecule has 2 aromatic rings. The van der Waals surface area contributed by atoms with Crippen LogP contribution in [0, 0.1) is 0 Å². The SMILES string of the molecule is CCc1cc(OC)n2nc(C(F)(F)F)c(C(=O)O)c2c1Br. The van der Waals surface area contributed by atoms with Crippen molar-refractivity contribution in [2.24, 2.45) is 0 Å². The molecular formula is C12H10BrF3N2O3. The van der Waals surface area contributed by atoms with Crippen molar-refractivity contribution in [1.29, 1.82) is 0 Å². The first-order valence-electron chi connectivity index (χ1n) is 5.80. The maximum atomic E-state index is 13.0. The molecule has 0 aliphatic carbocycles. The number of ether oxygens (including phenoxy) is 1. The molecule has 0 radical (unpaired) electrons. The van der Waals surface area contributed by atoms with E-state index in [4.69, 9.17) is 9.84 Å². The fourth-order valence-corrected chi connectivity index (χ4v) is 2.77. The molecular weight excluding hydrogens is 357 g/mol. The number of hydrogen-bond donors (Lipinski definition) is 1. The van der Waals surface area contributed by atoms with Crippen molar-refractivity contribution < 1.29 is 27.8 Å². The highest BCUT2D eigenvalue weighted by molar-refractivity contribution is 9.10. The number of aryl methyl sites for hydroxylation is 1. The van der Waals surface area contributed by atoms with Crippen LogP contribution in [-0.4, -0.2) is 27.8 Å². The first-order valence-corrected chi connectivity index (χ1v) is 6.60. The first kappa shape index (κ1) is 15.6. The molecule has 0 saturated carbocycles. The number of carboxylic acid groups (broad SMARTS) is 1. The number of carbonyl (C=O) groups is 1. The number of hydrogen-bond acceptors (Lipinski definition) is 3. The zero-order valence-corrected chi connectivity index (χ0v) is 12.5. The number of rotatable bonds is 3. The van der Waals surface area contributed by atoms with E-state index in [9.17, 15) is 18.0 Å². The number of halogens is 4. The van der Waals surface area contributed by atoms with Gasteiger partial charge in [-0.3, -0.25) is 0 Å². The molecule has 0 amide bonds. The summed E-state index contributed by atoms with van der Waals surface area (Å²) < 4.78 is 45.1. The van der Waals surface area contributed by atoms with E-state index in [2.05, 4.69) is 21.0 Å². The number of nitrogens with zero attached hydrogens (tertiary/aromatic N) is 2. The largest absolute Gasteiger partial charge is 0.481 e. The molecule has 0 atom stereocenters. The maximum absolute atomic E-state index is 13.0. The second-order valence-corrected chi connectivity index (χ2v) is 4.96. The summed E-state index contributed by atoms with van der Waals surface area (Å²) in [6.07, 6.45) is -4.39. The summed E-state index contributed by atoms with van der Waals surface area (Å²) >= 11 is 3.16. The molecule has 0 aliphatic heterocycles. The van der Waals surface area contributed by atoms with Gasteiger partial charge in [0.25, 0.3) is 0 Å². The summed E-state index contributed by atoms with van der Waals surface area (Å²) in [4.78, 5) is 11.3. The lowest BCUT2D eigenvalue weighted by molar-refractivity contribution is -0.141. The second-order valence-electron chi connectivity index (χ2n) is 4.17. The second kappa shape index (κ2) is 5.21. The quantitative estimate of drug-likeness (QED) is 0.904. The van der Waals surface area contributed by atoms with Crippen molar-refractivity contribution in [3.8, 4) is 5.88 Å². The van der Waals surface area contributed by atoms with E-state index < -0.39 is 23.4 Å². The van der Waals surface area contributed by atoms with Crippen LogP contribution in [-0.2, 0) is 12.6 Å². The van der Waals surface area contributed by atoms with Crippen LogP contribution in [0.2, 0.25) is 0 Å². The van der Waals surface area contributed by atoms with Crippen LogP contribution in [0.5, 0.6) is 5.88 Å². The average molecular weight is 367 g/mol. The van der Waals surface area contributed by atoms with Crippen molar-refractivity contribution in [1.82, 2.24) is 9.61 Å². The highest BCUT2D eigenvalue weighted by atomic mass is 79.9. The molecule has 0 unspecified atom stereocenters. The van der Waals surface area contributed by atoms with Crippen LogP contribution in [0.25, 0.3) is 5.52 Å². The molecule has 0 aliphatic rings. The van der Waals surface area contributed by atoms with E-state index in [-0.39, 0.29) is 15.9 Å². The molecule has 0 fully saturated rings. The Morgan fingerprint density at radius 1 is 1.52 bits per heavy atom. The number of aromatic nitrogens is 2. The van der Waals surface area contributed by atoms with Crippen molar-refractivity contribution in [3.63, 3.8) is 0 Å². The topological polar surface area (TPSA) is 63.8 Å². The molecule has 2 rings (SSSR count). The fourth-order valence-electron chi connectivity index (χ4n) is 2.01. The van der Waals surface area contributed by atoms with Crippen LogP contribution in [0.4, 0.5) is 13.2 Å². The minimum atomic E-state index is -4.88. The fraction of sp³-hybridized carbons (Fsp3) is 0.333. The van der Waals surface area contributed by atoms with E-state index in [1.165, 1.54) is 13.2 Å². The van der Waals surface area contributed by atoms with Crippen molar-refractivity contribution in [2.75, 3.05) is 7.11 Å². The third-order valence-corrected chi connectivity index (χ3v) is 3.84. The van der Waals surface area contributed by atoms with Gasteiger partial charge in [0.15, 0.2) is 5.69 Å². The molecule has 0 saturated heterocycles. The number of pyridine rings is 1. The highest BCUT2D eigenvalue weighted by Crippen LogP contribution is 2.38. The zero-order chi connectivity index (χ0) is 15.9. The summed E-state index contributed by atoms with van der Waals surface area (Å²) in [7, 11) is 1.28. The van der Waals surface area contributed by atoms with Gasteiger partial charge in [-0.05, 0) is 27.9 Å². The molecule has 0 spiro atoms. The third kappa shape index (κ3) is 2.45. The Bertz CT molecular complexity index is 725. The van der Waals surface area contributed by atoms with E-state index in [0.29, 0.717) is 12.0 Å². The summed E-state index contributed by atoms with van der Waals surface area (Å²) in [6.45, 7) is 1.79. The lowest BCUT2D eigenvalue weighted by Crippen LogP contribution is -2.12.